The third kappa shape index (κ3) is 4.46. The molecule has 0 heterocycles. The van der Waals surface area contributed by atoms with E-state index in [1.165, 1.54) is 12.8 Å². The van der Waals surface area contributed by atoms with E-state index in [1.54, 1.807) is 0 Å². The van der Waals surface area contributed by atoms with Crippen LogP contribution in [0.15, 0.2) is 0 Å². The summed E-state index contributed by atoms with van der Waals surface area (Å²) in [6.45, 7) is 16.1. The first-order chi connectivity index (χ1) is 8.86. The standard InChI is InChI=1S/C18H38N2/c1-13-11-18(20,17(5,6)7)10-8-9-14(13)15(19)12-16(2,3)4/h13-15H,8-12,19-20H2,1-7H3. The predicted molar refractivity (Wildman–Crippen MR) is 89.5 cm³/mol. The summed E-state index contributed by atoms with van der Waals surface area (Å²) in [5.74, 6) is 1.25. The largest absolute Gasteiger partial charge is 0.327 e. The Hall–Kier alpha value is -0.0800. The van der Waals surface area contributed by atoms with Gasteiger partial charge in [0.25, 0.3) is 0 Å². The van der Waals surface area contributed by atoms with Gasteiger partial charge >= 0.3 is 0 Å². The van der Waals surface area contributed by atoms with Crippen LogP contribution in [0.2, 0.25) is 0 Å². The van der Waals surface area contributed by atoms with Gasteiger partial charge in [0, 0.05) is 11.6 Å². The van der Waals surface area contributed by atoms with Gasteiger partial charge in [-0.15, -0.1) is 0 Å². The van der Waals surface area contributed by atoms with Crippen LogP contribution in [0.25, 0.3) is 0 Å². The molecule has 0 aromatic rings. The van der Waals surface area contributed by atoms with E-state index < -0.39 is 0 Å². The summed E-state index contributed by atoms with van der Waals surface area (Å²) >= 11 is 0. The zero-order valence-electron chi connectivity index (χ0n) is 14.9. The Morgan fingerprint density at radius 2 is 1.70 bits per heavy atom. The van der Waals surface area contributed by atoms with E-state index in [0.29, 0.717) is 23.3 Å². The normalized spacial score (nSPS) is 34.6. The predicted octanol–water partition coefficient (Wildman–Crippen LogP) is 4.32. The second-order valence-electron chi connectivity index (χ2n) is 9.57. The molecule has 1 rings (SSSR count). The van der Waals surface area contributed by atoms with Crippen molar-refractivity contribution < 1.29 is 0 Å². The maximum Gasteiger partial charge on any atom is 0.0206 e. The molecule has 1 aliphatic rings. The van der Waals surface area contributed by atoms with Gasteiger partial charge < -0.3 is 11.5 Å². The summed E-state index contributed by atoms with van der Waals surface area (Å²) in [7, 11) is 0. The second kappa shape index (κ2) is 5.96. The quantitative estimate of drug-likeness (QED) is 0.741. The van der Waals surface area contributed by atoms with Crippen molar-refractivity contribution in [2.75, 3.05) is 0 Å². The first-order valence-corrected chi connectivity index (χ1v) is 8.40. The Morgan fingerprint density at radius 3 is 2.15 bits per heavy atom. The van der Waals surface area contributed by atoms with Crippen molar-refractivity contribution in [2.24, 2.45) is 34.1 Å². The SMILES string of the molecule is CC1CC(N)(C(C)(C)C)CCCC1C(N)CC(C)(C)C. The van der Waals surface area contributed by atoms with E-state index in [0.717, 1.165) is 19.3 Å². The molecule has 1 aliphatic carbocycles. The summed E-state index contributed by atoms with van der Waals surface area (Å²) in [4.78, 5) is 0. The monoisotopic (exact) mass is 282 g/mol. The molecule has 0 amide bonds. The highest BCUT2D eigenvalue weighted by atomic mass is 14.8. The number of hydrogen-bond donors (Lipinski definition) is 2. The van der Waals surface area contributed by atoms with Crippen molar-refractivity contribution in [1.29, 1.82) is 0 Å². The van der Waals surface area contributed by atoms with Gasteiger partial charge in [0.1, 0.15) is 0 Å². The lowest BCUT2D eigenvalue weighted by atomic mass is 9.67. The van der Waals surface area contributed by atoms with E-state index >= 15 is 0 Å². The molecule has 0 spiro atoms. The van der Waals surface area contributed by atoms with Crippen LogP contribution in [0.4, 0.5) is 0 Å². The van der Waals surface area contributed by atoms with Gasteiger partial charge in [-0.25, -0.2) is 0 Å². The van der Waals surface area contributed by atoms with Crippen LogP contribution in [0.1, 0.15) is 80.6 Å². The summed E-state index contributed by atoms with van der Waals surface area (Å²) in [6.07, 6.45) is 5.82. The molecule has 0 saturated heterocycles. The van der Waals surface area contributed by atoms with Gasteiger partial charge in [0.2, 0.25) is 0 Å². The number of nitrogens with two attached hydrogens (primary N) is 2. The maximum atomic E-state index is 6.78. The lowest BCUT2D eigenvalue weighted by Gasteiger charge is -2.43. The van der Waals surface area contributed by atoms with Crippen LogP contribution in [0.3, 0.4) is 0 Å². The van der Waals surface area contributed by atoms with Crippen molar-refractivity contribution in [1.82, 2.24) is 0 Å². The molecule has 1 fully saturated rings. The molecule has 0 aromatic heterocycles. The molecule has 4 atom stereocenters. The smallest absolute Gasteiger partial charge is 0.0206 e. The highest BCUT2D eigenvalue weighted by Crippen LogP contribution is 2.44. The molecule has 120 valence electrons. The first-order valence-electron chi connectivity index (χ1n) is 8.40. The van der Waals surface area contributed by atoms with Crippen molar-refractivity contribution in [3.8, 4) is 0 Å². The molecule has 0 aliphatic heterocycles. The average molecular weight is 283 g/mol. The maximum absolute atomic E-state index is 6.78. The summed E-state index contributed by atoms with van der Waals surface area (Å²) < 4.78 is 0. The zero-order chi connectivity index (χ0) is 15.8. The molecule has 0 bridgehead atoms. The van der Waals surface area contributed by atoms with Crippen LogP contribution >= 0.6 is 0 Å². The first kappa shape index (κ1) is 18.0. The lowest BCUT2D eigenvalue weighted by Crippen LogP contribution is -2.52. The van der Waals surface area contributed by atoms with Crippen molar-refractivity contribution in [3.05, 3.63) is 0 Å². The second-order valence-corrected chi connectivity index (χ2v) is 9.57. The minimum absolute atomic E-state index is 0.0391. The fraction of sp³-hybridized carbons (Fsp3) is 1.00. The third-order valence-electron chi connectivity index (χ3n) is 5.47. The third-order valence-corrected chi connectivity index (χ3v) is 5.47. The van der Waals surface area contributed by atoms with Gasteiger partial charge in [-0.05, 0) is 48.3 Å². The van der Waals surface area contributed by atoms with E-state index in [1.807, 2.05) is 0 Å². The zero-order valence-corrected chi connectivity index (χ0v) is 14.9. The van der Waals surface area contributed by atoms with E-state index in [4.69, 9.17) is 11.5 Å². The Bertz CT molecular complexity index is 310. The molecule has 2 nitrogen and oxygen atoms in total. The Balaban J connectivity index is 2.80. The van der Waals surface area contributed by atoms with Gasteiger partial charge in [0.05, 0.1) is 0 Å². The van der Waals surface area contributed by atoms with Crippen LogP contribution < -0.4 is 11.5 Å². The molecule has 0 radical (unpaired) electrons. The molecule has 20 heavy (non-hydrogen) atoms. The summed E-state index contributed by atoms with van der Waals surface area (Å²) in [5, 5.41) is 0. The molecule has 4 N–H and O–H groups in total. The number of hydrogen-bond acceptors (Lipinski definition) is 2. The van der Waals surface area contributed by atoms with E-state index in [-0.39, 0.29) is 11.0 Å². The summed E-state index contributed by atoms with van der Waals surface area (Å²) in [6, 6.07) is 0.312. The molecule has 0 aromatic carbocycles. The highest BCUT2D eigenvalue weighted by Gasteiger charge is 2.43. The Kier molecular flexibility index (Phi) is 5.36. The molecule has 4 unspecified atom stereocenters. The minimum Gasteiger partial charge on any atom is -0.327 e. The van der Waals surface area contributed by atoms with E-state index in [2.05, 4.69) is 48.5 Å². The van der Waals surface area contributed by atoms with Crippen LogP contribution in [-0.2, 0) is 0 Å². The van der Waals surface area contributed by atoms with Gasteiger partial charge in [-0.1, -0.05) is 54.9 Å². The minimum atomic E-state index is -0.0391. The fourth-order valence-corrected chi connectivity index (χ4v) is 3.94. The fourth-order valence-electron chi connectivity index (χ4n) is 3.94. The van der Waals surface area contributed by atoms with Crippen LogP contribution in [-0.4, -0.2) is 11.6 Å². The Morgan fingerprint density at radius 1 is 1.15 bits per heavy atom. The molecule has 1 saturated carbocycles. The highest BCUT2D eigenvalue weighted by molar-refractivity contribution is 5.00. The van der Waals surface area contributed by atoms with Crippen LogP contribution in [0, 0.1) is 22.7 Å². The average Bonchev–Trinajstić information content (AvgIpc) is 2.33. The van der Waals surface area contributed by atoms with Crippen molar-refractivity contribution >= 4 is 0 Å². The van der Waals surface area contributed by atoms with Crippen molar-refractivity contribution in [2.45, 2.75) is 92.2 Å². The Labute approximate surface area is 127 Å². The van der Waals surface area contributed by atoms with Crippen LogP contribution in [0.5, 0.6) is 0 Å². The summed E-state index contributed by atoms with van der Waals surface area (Å²) in [5.41, 5.74) is 13.8. The number of rotatable bonds is 2. The lowest BCUT2D eigenvalue weighted by molar-refractivity contribution is 0.134. The van der Waals surface area contributed by atoms with Crippen molar-refractivity contribution in [3.63, 3.8) is 0 Å². The topological polar surface area (TPSA) is 52.0 Å². The molecular weight excluding hydrogens is 244 g/mol. The van der Waals surface area contributed by atoms with Gasteiger partial charge in [-0.2, -0.15) is 0 Å². The van der Waals surface area contributed by atoms with Gasteiger partial charge in [0.15, 0.2) is 0 Å². The molecular formula is C18H38N2. The van der Waals surface area contributed by atoms with E-state index in [9.17, 15) is 0 Å². The van der Waals surface area contributed by atoms with Gasteiger partial charge in [-0.3, -0.25) is 0 Å². The molecule has 2 heteroatoms.